The van der Waals surface area contributed by atoms with E-state index in [1.165, 1.54) is 5.56 Å². The van der Waals surface area contributed by atoms with E-state index in [0.717, 1.165) is 18.5 Å². The summed E-state index contributed by atoms with van der Waals surface area (Å²) < 4.78 is 0. The zero-order valence-electron chi connectivity index (χ0n) is 8.84. The molecule has 76 valence electrons. The van der Waals surface area contributed by atoms with E-state index in [9.17, 15) is 4.79 Å². The standard InChI is InChI=1S/C12H17NO/c1-3-10-4-6-11(7-5-10)12(14)8-9-13-2/h4-7,13H,3,8-9H2,1-2H3. The summed E-state index contributed by atoms with van der Waals surface area (Å²) >= 11 is 0. The van der Waals surface area contributed by atoms with Crippen molar-refractivity contribution in [3.63, 3.8) is 0 Å². The number of Topliss-reactive ketones (excluding diaryl/α,β-unsaturated/α-hetero) is 1. The van der Waals surface area contributed by atoms with Crippen LogP contribution in [-0.2, 0) is 6.42 Å². The molecule has 0 aliphatic carbocycles. The molecule has 0 aromatic heterocycles. The number of rotatable bonds is 5. The topological polar surface area (TPSA) is 29.1 Å². The van der Waals surface area contributed by atoms with Crippen molar-refractivity contribution in [2.45, 2.75) is 19.8 Å². The number of hydrogen-bond acceptors (Lipinski definition) is 2. The first-order chi connectivity index (χ1) is 6.77. The van der Waals surface area contributed by atoms with Gasteiger partial charge in [-0.25, -0.2) is 0 Å². The lowest BCUT2D eigenvalue weighted by atomic mass is 10.1. The second kappa shape index (κ2) is 5.55. The first kappa shape index (κ1) is 10.9. The Morgan fingerprint density at radius 3 is 2.43 bits per heavy atom. The number of nitrogens with one attached hydrogen (secondary N) is 1. The first-order valence-electron chi connectivity index (χ1n) is 5.04. The molecule has 0 bridgehead atoms. The molecule has 0 atom stereocenters. The van der Waals surface area contributed by atoms with Gasteiger partial charge in [0.1, 0.15) is 0 Å². The average molecular weight is 191 g/mol. The summed E-state index contributed by atoms with van der Waals surface area (Å²) in [6, 6.07) is 7.87. The van der Waals surface area contributed by atoms with E-state index in [1.807, 2.05) is 31.3 Å². The van der Waals surface area contributed by atoms with Crippen LogP contribution in [0.4, 0.5) is 0 Å². The van der Waals surface area contributed by atoms with Gasteiger partial charge in [-0.2, -0.15) is 0 Å². The van der Waals surface area contributed by atoms with Gasteiger partial charge in [-0.1, -0.05) is 31.2 Å². The van der Waals surface area contributed by atoms with Crippen molar-refractivity contribution in [3.8, 4) is 0 Å². The molecule has 0 aliphatic heterocycles. The fourth-order valence-corrected chi connectivity index (χ4v) is 1.31. The summed E-state index contributed by atoms with van der Waals surface area (Å²) in [5.74, 6) is 0.210. The molecule has 1 aromatic rings. The van der Waals surface area contributed by atoms with Gasteiger partial charge in [0, 0.05) is 18.5 Å². The zero-order valence-corrected chi connectivity index (χ0v) is 8.84. The van der Waals surface area contributed by atoms with Crippen molar-refractivity contribution in [2.24, 2.45) is 0 Å². The summed E-state index contributed by atoms with van der Waals surface area (Å²) in [7, 11) is 1.85. The Labute approximate surface area is 85.3 Å². The third kappa shape index (κ3) is 2.96. The van der Waals surface area contributed by atoms with Gasteiger partial charge in [0.15, 0.2) is 5.78 Å². The molecule has 0 unspecified atom stereocenters. The molecule has 0 saturated carbocycles. The Morgan fingerprint density at radius 2 is 1.93 bits per heavy atom. The van der Waals surface area contributed by atoms with E-state index in [4.69, 9.17) is 0 Å². The van der Waals surface area contributed by atoms with E-state index in [1.54, 1.807) is 0 Å². The van der Waals surface area contributed by atoms with Crippen molar-refractivity contribution >= 4 is 5.78 Å². The van der Waals surface area contributed by atoms with Crippen LogP contribution in [0.1, 0.15) is 29.3 Å². The van der Waals surface area contributed by atoms with E-state index < -0.39 is 0 Å². The minimum Gasteiger partial charge on any atom is -0.319 e. The number of carbonyl (C=O) groups is 1. The summed E-state index contributed by atoms with van der Waals surface area (Å²) in [5.41, 5.74) is 2.09. The Hall–Kier alpha value is -1.15. The Kier molecular flexibility index (Phi) is 4.33. The predicted octanol–water partition coefficient (Wildman–Crippen LogP) is 2.04. The average Bonchev–Trinajstić information content (AvgIpc) is 2.26. The normalized spacial score (nSPS) is 10.1. The van der Waals surface area contributed by atoms with Crippen LogP contribution in [0.5, 0.6) is 0 Å². The number of benzene rings is 1. The molecule has 0 radical (unpaired) electrons. The highest BCUT2D eigenvalue weighted by Crippen LogP contribution is 2.07. The molecule has 2 nitrogen and oxygen atoms in total. The molecule has 1 N–H and O–H groups in total. The molecule has 0 aliphatic rings. The van der Waals surface area contributed by atoms with Gasteiger partial charge in [-0.15, -0.1) is 0 Å². The fourth-order valence-electron chi connectivity index (χ4n) is 1.31. The van der Waals surface area contributed by atoms with E-state index in [2.05, 4.69) is 12.2 Å². The lowest BCUT2D eigenvalue weighted by Crippen LogP contribution is -2.12. The maximum Gasteiger partial charge on any atom is 0.164 e. The highest BCUT2D eigenvalue weighted by Gasteiger charge is 2.03. The summed E-state index contributed by atoms with van der Waals surface area (Å²) in [6.07, 6.45) is 1.59. The predicted molar refractivity (Wildman–Crippen MR) is 58.7 cm³/mol. The molecule has 0 heterocycles. The van der Waals surface area contributed by atoms with Crippen LogP contribution in [0.2, 0.25) is 0 Å². The van der Waals surface area contributed by atoms with Gasteiger partial charge >= 0.3 is 0 Å². The molecule has 1 aromatic carbocycles. The van der Waals surface area contributed by atoms with Crippen LogP contribution < -0.4 is 5.32 Å². The minimum absolute atomic E-state index is 0.210. The van der Waals surface area contributed by atoms with Crippen molar-refractivity contribution in [1.29, 1.82) is 0 Å². The summed E-state index contributed by atoms with van der Waals surface area (Å²) in [5, 5.41) is 2.97. The molecule has 0 amide bonds. The van der Waals surface area contributed by atoms with E-state index in [0.29, 0.717) is 6.42 Å². The van der Waals surface area contributed by atoms with Crippen LogP contribution >= 0.6 is 0 Å². The number of hydrogen-bond donors (Lipinski definition) is 1. The molecule has 0 fully saturated rings. The van der Waals surface area contributed by atoms with E-state index >= 15 is 0 Å². The number of aryl methyl sites for hydroxylation is 1. The maximum atomic E-state index is 11.6. The largest absolute Gasteiger partial charge is 0.319 e. The van der Waals surface area contributed by atoms with Gasteiger partial charge in [0.05, 0.1) is 0 Å². The molecular formula is C12H17NO. The van der Waals surface area contributed by atoms with E-state index in [-0.39, 0.29) is 5.78 Å². The van der Waals surface area contributed by atoms with Gasteiger partial charge in [-0.3, -0.25) is 4.79 Å². The van der Waals surface area contributed by atoms with Crippen LogP contribution in [0, 0.1) is 0 Å². The van der Waals surface area contributed by atoms with Crippen LogP contribution in [0.25, 0.3) is 0 Å². The lowest BCUT2D eigenvalue weighted by Gasteiger charge is -2.01. The number of ketones is 1. The van der Waals surface area contributed by atoms with Crippen molar-refractivity contribution in [1.82, 2.24) is 5.32 Å². The second-order valence-electron chi connectivity index (χ2n) is 3.33. The third-order valence-corrected chi connectivity index (χ3v) is 2.29. The number of carbonyl (C=O) groups excluding carboxylic acids is 1. The van der Waals surface area contributed by atoms with Crippen LogP contribution in [0.3, 0.4) is 0 Å². The molecular weight excluding hydrogens is 174 g/mol. The van der Waals surface area contributed by atoms with Crippen molar-refractivity contribution in [3.05, 3.63) is 35.4 Å². The van der Waals surface area contributed by atoms with Gasteiger partial charge in [0.2, 0.25) is 0 Å². The SMILES string of the molecule is CCc1ccc(C(=O)CCNC)cc1. The molecule has 0 saturated heterocycles. The Balaban J connectivity index is 2.62. The third-order valence-electron chi connectivity index (χ3n) is 2.29. The molecule has 2 heteroatoms. The van der Waals surface area contributed by atoms with Crippen LogP contribution in [-0.4, -0.2) is 19.4 Å². The quantitative estimate of drug-likeness (QED) is 0.722. The Morgan fingerprint density at radius 1 is 1.29 bits per heavy atom. The smallest absolute Gasteiger partial charge is 0.164 e. The second-order valence-corrected chi connectivity index (χ2v) is 3.33. The zero-order chi connectivity index (χ0) is 10.4. The monoisotopic (exact) mass is 191 g/mol. The molecule has 14 heavy (non-hydrogen) atoms. The first-order valence-corrected chi connectivity index (χ1v) is 5.04. The van der Waals surface area contributed by atoms with Crippen LogP contribution in [0.15, 0.2) is 24.3 Å². The minimum atomic E-state index is 0.210. The van der Waals surface area contributed by atoms with Crippen molar-refractivity contribution in [2.75, 3.05) is 13.6 Å². The Bertz CT molecular complexity index is 290. The maximum absolute atomic E-state index is 11.6. The summed E-state index contributed by atoms with van der Waals surface area (Å²) in [4.78, 5) is 11.6. The molecule has 1 rings (SSSR count). The molecule has 0 spiro atoms. The fraction of sp³-hybridized carbons (Fsp3) is 0.417. The summed E-state index contributed by atoms with van der Waals surface area (Å²) in [6.45, 7) is 2.85. The van der Waals surface area contributed by atoms with Gasteiger partial charge < -0.3 is 5.32 Å². The highest BCUT2D eigenvalue weighted by atomic mass is 16.1. The highest BCUT2D eigenvalue weighted by molar-refractivity contribution is 5.96. The van der Waals surface area contributed by atoms with Crippen molar-refractivity contribution < 1.29 is 4.79 Å². The van der Waals surface area contributed by atoms with Gasteiger partial charge in [0.25, 0.3) is 0 Å². The van der Waals surface area contributed by atoms with Gasteiger partial charge in [-0.05, 0) is 19.0 Å². The lowest BCUT2D eigenvalue weighted by molar-refractivity contribution is 0.0983.